The number of rotatable bonds is 2. The highest BCUT2D eigenvalue weighted by Crippen LogP contribution is 2.32. The van der Waals surface area contributed by atoms with E-state index < -0.39 is 0 Å². The Morgan fingerprint density at radius 3 is 3.21 bits per heavy atom. The van der Waals surface area contributed by atoms with Crippen LogP contribution in [0.5, 0.6) is 5.75 Å². The number of amides is 2. The number of ether oxygens (including phenoxy) is 1. The summed E-state index contributed by atoms with van der Waals surface area (Å²) in [5.41, 5.74) is 7.91. The average Bonchev–Trinajstić information content (AvgIpc) is 2.94. The molecule has 3 rings (SSSR count). The summed E-state index contributed by atoms with van der Waals surface area (Å²) in [5.74, 6) is 3.65. The van der Waals surface area contributed by atoms with Crippen molar-refractivity contribution in [1.29, 1.82) is 0 Å². The van der Waals surface area contributed by atoms with Crippen LogP contribution in [0, 0.1) is 12.3 Å². The standard InChI is InChI=1S/C14H13N3O2/c1-2-6-17-12(13(15)16-14(17)18)10-3-4-11-9(8-10)5-7-19-11/h1,3-4,8,12H,5-7H2,(H2,15,16,18). The van der Waals surface area contributed by atoms with E-state index in [2.05, 4.69) is 10.9 Å². The minimum Gasteiger partial charge on any atom is -0.493 e. The first-order chi connectivity index (χ1) is 9.20. The summed E-state index contributed by atoms with van der Waals surface area (Å²) < 4.78 is 5.46. The van der Waals surface area contributed by atoms with E-state index in [1.54, 1.807) is 0 Å². The van der Waals surface area contributed by atoms with Gasteiger partial charge in [-0.05, 0) is 23.3 Å². The fourth-order valence-electron chi connectivity index (χ4n) is 2.49. The molecule has 2 aliphatic heterocycles. The number of aliphatic imine (C=N–C) groups is 1. The van der Waals surface area contributed by atoms with E-state index in [0.29, 0.717) is 12.4 Å². The van der Waals surface area contributed by atoms with E-state index >= 15 is 0 Å². The lowest BCUT2D eigenvalue weighted by Crippen LogP contribution is -2.33. The maximum Gasteiger partial charge on any atom is 0.346 e. The monoisotopic (exact) mass is 255 g/mol. The molecule has 0 radical (unpaired) electrons. The first kappa shape index (κ1) is 11.6. The van der Waals surface area contributed by atoms with Gasteiger partial charge in [0.05, 0.1) is 13.2 Å². The molecule has 0 bridgehead atoms. The molecule has 0 spiro atoms. The normalized spacial score (nSPS) is 20.8. The molecule has 1 aromatic carbocycles. The van der Waals surface area contributed by atoms with E-state index in [1.807, 2.05) is 18.2 Å². The quantitative estimate of drug-likeness (QED) is 0.804. The van der Waals surface area contributed by atoms with Crippen LogP contribution in [0.3, 0.4) is 0 Å². The Morgan fingerprint density at radius 2 is 2.42 bits per heavy atom. The lowest BCUT2D eigenvalue weighted by molar-refractivity contribution is 0.213. The zero-order valence-corrected chi connectivity index (χ0v) is 10.3. The molecule has 0 saturated heterocycles. The Kier molecular flexibility index (Phi) is 2.64. The Labute approximate surface area is 111 Å². The van der Waals surface area contributed by atoms with Crippen molar-refractivity contribution in [2.75, 3.05) is 13.2 Å². The molecular formula is C14H13N3O2. The van der Waals surface area contributed by atoms with Crippen LogP contribution >= 0.6 is 0 Å². The minimum atomic E-state index is -0.378. The minimum absolute atomic E-state index is 0.196. The fraction of sp³-hybridized carbons (Fsp3) is 0.286. The van der Waals surface area contributed by atoms with Gasteiger partial charge in [-0.2, -0.15) is 4.99 Å². The highest BCUT2D eigenvalue weighted by Gasteiger charge is 2.34. The largest absolute Gasteiger partial charge is 0.493 e. The van der Waals surface area contributed by atoms with Gasteiger partial charge in [-0.15, -0.1) is 6.42 Å². The van der Waals surface area contributed by atoms with Crippen LogP contribution in [0.2, 0.25) is 0 Å². The predicted molar refractivity (Wildman–Crippen MR) is 70.9 cm³/mol. The van der Waals surface area contributed by atoms with Gasteiger partial charge in [-0.1, -0.05) is 12.0 Å². The summed E-state index contributed by atoms with van der Waals surface area (Å²) in [7, 11) is 0. The molecule has 0 fully saturated rings. The average molecular weight is 255 g/mol. The first-order valence-corrected chi connectivity index (χ1v) is 6.04. The zero-order chi connectivity index (χ0) is 13.4. The number of fused-ring (bicyclic) bond motifs is 1. The maximum atomic E-state index is 11.7. The third-order valence-electron chi connectivity index (χ3n) is 3.35. The van der Waals surface area contributed by atoms with Crippen molar-refractivity contribution in [3.63, 3.8) is 0 Å². The van der Waals surface area contributed by atoms with E-state index in [4.69, 9.17) is 16.9 Å². The van der Waals surface area contributed by atoms with Gasteiger partial charge in [0.15, 0.2) is 0 Å². The highest BCUT2D eigenvalue weighted by molar-refractivity contribution is 6.03. The molecular weight excluding hydrogens is 242 g/mol. The summed E-state index contributed by atoms with van der Waals surface area (Å²) in [6.45, 7) is 0.890. The molecule has 5 heteroatoms. The van der Waals surface area contributed by atoms with Gasteiger partial charge in [-0.25, -0.2) is 4.79 Å². The van der Waals surface area contributed by atoms with Crippen molar-refractivity contribution in [2.45, 2.75) is 12.5 Å². The van der Waals surface area contributed by atoms with Gasteiger partial charge in [0.25, 0.3) is 0 Å². The second kappa shape index (κ2) is 4.32. The lowest BCUT2D eigenvalue weighted by Gasteiger charge is -2.22. The second-order valence-electron chi connectivity index (χ2n) is 4.52. The van der Waals surface area contributed by atoms with Crippen LogP contribution in [-0.2, 0) is 6.42 Å². The molecule has 1 atom stereocenters. The van der Waals surface area contributed by atoms with Crippen LogP contribution < -0.4 is 10.5 Å². The van der Waals surface area contributed by atoms with Crippen LogP contribution in [0.4, 0.5) is 4.79 Å². The van der Waals surface area contributed by atoms with Crippen molar-refractivity contribution in [3.8, 4) is 18.1 Å². The highest BCUT2D eigenvalue weighted by atomic mass is 16.5. The van der Waals surface area contributed by atoms with Crippen LogP contribution in [-0.4, -0.2) is 29.9 Å². The molecule has 2 heterocycles. The fourth-order valence-corrected chi connectivity index (χ4v) is 2.49. The maximum absolute atomic E-state index is 11.7. The van der Waals surface area contributed by atoms with Crippen LogP contribution in [0.15, 0.2) is 23.2 Å². The van der Waals surface area contributed by atoms with Crippen molar-refractivity contribution in [3.05, 3.63) is 29.3 Å². The van der Waals surface area contributed by atoms with Crippen LogP contribution in [0.25, 0.3) is 0 Å². The molecule has 0 saturated carbocycles. The van der Waals surface area contributed by atoms with E-state index in [0.717, 1.165) is 23.3 Å². The number of hydrogen-bond donors (Lipinski definition) is 1. The summed E-state index contributed by atoms with van der Waals surface area (Å²) >= 11 is 0. The molecule has 0 aromatic heterocycles. The predicted octanol–water partition coefficient (Wildman–Crippen LogP) is 1.09. The molecule has 5 nitrogen and oxygen atoms in total. The van der Waals surface area contributed by atoms with Crippen molar-refractivity contribution in [2.24, 2.45) is 10.7 Å². The van der Waals surface area contributed by atoms with Crippen LogP contribution in [0.1, 0.15) is 17.2 Å². The van der Waals surface area contributed by atoms with Gasteiger partial charge in [0.1, 0.15) is 17.6 Å². The van der Waals surface area contributed by atoms with Gasteiger partial charge < -0.3 is 10.5 Å². The molecule has 19 heavy (non-hydrogen) atoms. The van der Waals surface area contributed by atoms with Crippen molar-refractivity contribution in [1.82, 2.24) is 4.90 Å². The third-order valence-corrected chi connectivity index (χ3v) is 3.35. The van der Waals surface area contributed by atoms with Crippen molar-refractivity contribution >= 4 is 11.9 Å². The number of carbonyl (C=O) groups is 1. The number of terminal acetylenes is 1. The number of nitrogens with zero attached hydrogens (tertiary/aromatic N) is 2. The second-order valence-corrected chi connectivity index (χ2v) is 4.52. The smallest absolute Gasteiger partial charge is 0.346 e. The molecule has 2 N–H and O–H groups in total. The number of amidine groups is 1. The molecule has 2 aliphatic rings. The number of urea groups is 1. The molecule has 1 unspecified atom stereocenters. The number of hydrogen-bond acceptors (Lipinski definition) is 3. The van der Waals surface area contributed by atoms with Gasteiger partial charge in [0.2, 0.25) is 0 Å². The van der Waals surface area contributed by atoms with E-state index in [1.165, 1.54) is 4.90 Å². The SMILES string of the molecule is C#CCN1C(=O)N=C(N)C1c1ccc2c(c1)CCO2. The summed E-state index contributed by atoms with van der Waals surface area (Å²) in [6, 6.07) is 5.07. The zero-order valence-electron chi connectivity index (χ0n) is 10.3. The molecule has 96 valence electrons. The van der Waals surface area contributed by atoms with Gasteiger partial charge >= 0.3 is 6.03 Å². The molecule has 1 aromatic rings. The number of carbonyl (C=O) groups excluding carboxylic acids is 1. The summed E-state index contributed by atoms with van der Waals surface area (Å²) in [5, 5.41) is 0. The van der Waals surface area contributed by atoms with Gasteiger partial charge in [-0.3, -0.25) is 4.90 Å². The topological polar surface area (TPSA) is 67.9 Å². The lowest BCUT2D eigenvalue weighted by atomic mass is 10.0. The molecule has 0 aliphatic carbocycles. The first-order valence-electron chi connectivity index (χ1n) is 6.04. The Balaban J connectivity index is 1.98. The van der Waals surface area contributed by atoms with Crippen molar-refractivity contribution < 1.29 is 9.53 Å². The van der Waals surface area contributed by atoms with E-state index in [9.17, 15) is 4.79 Å². The van der Waals surface area contributed by atoms with E-state index in [-0.39, 0.29) is 18.6 Å². The summed E-state index contributed by atoms with van der Waals surface area (Å²) in [4.78, 5) is 17.0. The third kappa shape index (κ3) is 1.82. The Bertz CT molecular complexity index is 616. The number of benzene rings is 1. The summed E-state index contributed by atoms with van der Waals surface area (Å²) in [6.07, 6.45) is 6.16. The molecule has 2 amide bonds. The number of nitrogens with two attached hydrogens (primary N) is 1. The Hall–Kier alpha value is -2.48. The van der Waals surface area contributed by atoms with Gasteiger partial charge in [0, 0.05) is 6.42 Å². The Morgan fingerprint density at radius 1 is 1.58 bits per heavy atom.